The quantitative estimate of drug-likeness (QED) is 0.472. The number of esters is 1. The molecule has 1 rings (SSSR count). The topological polar surface area (TPSA) is 47.9 Å². The van der Waals surface area contributed by atoms with Crippen molar-refractivity contribution in [1.29, 1.82) is 0 Å². The molecule has 0 saturated heterocycles. The summed E-state index contributed by atoms with van der Waals surface area (Å²) in [6.07, 6.45) is 1.40. The molecule has 0 unspecified atom stereocenters. The first-order valence-corrected chi connectivity index (χ1v) is 5.65. The molecular weight excluding hydrogens is 265 g/mol. The number of hydrogen-bond acceptors (Lipinski definition) is 4. The molecule has 92 valence electrons. The second kappa shape index (κ2) is 7.14. The van der Waals surface area contributed by atoms with Gasteiger partial charge in [-0.15, -0.1) is 0 Å². The van der Waals surface area contributed by atoms with Crippen LogP contribution in [0.2, 0.25) is 10.0 Å². The summed E-state index contributed by atoms with van der Waals surface area (Å²) >= 11 is 11.6. The minimum atomic E-state index is -0.466. The highest BCUT2D eigenvalue weighted by molar-refractivity contribution is 6.36. The number of oxime groups is 1. The standard InChI is InChI=1S/C11H11Cl2NO3/c1-2-16-11(15)7-17-14-6-8-3-4-9(12)5-10(8)13/h3-6H,2,7H2,1H3. The van der Waals surface area contributed by atoms with Crippen molar-refractivity contribution in [2.24, 2.45) is 5.16 Å². The van der Waals surface area contributed by atoms with Crippen LogP contribution >= 0.6 is 23.2 Å². The van der Waals surface area contributed by atoms with E-state index in [2.05, 4.69) is 9.89 Å². The van der Waals surface area contributed by atoms with Gasteiger partial charge in [-0.05, 0) is 19.1 Å². The Hall–Kier alpha value is -1.26. The molecule has 1 aromatic carbocycles. The van der Waals surface area contributed by atoms with Gasteiger partial charge in [-0.1, -0.05) is 34.4 Å². The summed E-state index contributed by atoms with van der Waals surface area (Å²) in [6.45, 7) is 1.80. The first kappa shape index (κ1) is 13.8. The van der Waals surface area contributed by atoms with E-state index < -0.39 is 5.97 Å². The van der Waals surface area contributed by atoms with Gasteiger partial charge in [0.1, 0.15) is 0 Å². The van der Waals surface area contributed by atoms with Gasteiger partial charge >= 0.3 is 5.97 Å². The van der Waals surface area contributed by atoms with E-state index >= 15 is 0 Å². The Labute approximate surface area is 109 Å². The maximum atomic E-state index is 10.9. The van der Waals surface area contributed by atoms with Gasteiger partial charge in [0, 0.05) is 10.6 Å². The summed E-state index contributed by atoms with van der Waals surface area (Å²) in [5, 5.41) is 4.60. The molecule has 0 amide bonds. The molecule has 0 atom stereocenters. The molecule has 0 radical (unpaired) electrons. The second-order valence-electron chi connectivity index (χ2n) is 2.98. The average Bonchev–Trinajstić information content (AvgIpc) is 2.27. The number of ether oxygens (including phenoxy) is 1. The molecule has 1 aromatic rings. The van der Waals surface area contributed by atoms with Crippen molar-refractivity contribution < 1.29 is 14.4 Å². The molecule has 0 N–H and O–H groups in total. The number of benzene rings is 1. The van der Waals surface area contributed by atoms with Gasteiger partial charge in [-0.2, -0.15) is 0 Å². The fraction of sp³-hybridized carbons (Fsp3) is 0.273. The van der Waals surface area contributed by atoms with Crippen molar-refractivity contribution >= 4 is 35.4 Å². The van der Waals surface area contributed by atoms with E-state index in [1.165, 1.54) is 6.21 Å². The zero-order valence-electron chi connectivity index (χ0n) is 9.15. The number of carbonyl (C=O) groups is 1. The van der Waals surface area contributed by atoms with Gasteiger partial charge in [0.2, 0.25) is 6.61 Å². The third-order valence-corrected chi connectivity index (χ3v) is 2.28. The smallest absolute Gasteiger partial charge is 0.347 e. The van der Waals surface area contributed by atoms with Crippen molar-refractivity contribution in [2.75, 3.05) is 13.2 Å². The van der Waals surface area contributed by atoms with E-state index in [4.69, 9.17) is 28.0 Å². The monoisotopic (exact) mass is 275 g/mol. The Kier molecular flexibility index (Phi) is 5.80. The molecule has 0 fully saturated rings. The Morgan fingerprint density at radius 2 is 2.24 bits per heavy atom. The summed E-state index contributed by atoms with van der Waals surface area (Å²) in [5.41, 5.74) is 0.653. The maximum absolute atomic E-state index is 10.9. The van der Waals surface area contributed by atoms with Crippen molar-refractivity contribution in [3.8, 4) is 0 Å². The highest BCUT2D eigenvalue weighted by atomic mass is 35.5. The Morgan fingerprint density at radius 1 is 1.47 bits per heavy atom. The normalized spacial score (nSPS) is 10.5. The van der Waals surface area contributed by atoms with E-state index in [9.17, 15) is 4.79 Å². The van der Waals surface area contributed by atoms with Crippen LogP contribution in [0, 0.1) is 0 Å². The van der Waals surface area contributed by atoms with E-state index in [0.29, 0.717) is 22.2 Å². The number of nitrogens with zero attached hydrogens (tertiary/aromatic N) is 1. The minimum Gasteiger partial charge on any atom is -0.463 e. The Balaban J connectivity index is 2.45. The lowest BCUT2D eigenvalue weighted by Crippen LogP contribution is -2.10. The van der Waals surface area contributed by atoms with Crippen LogP contribution in [-0.2, 0) is 14.4 Å². The van der Waals surface area contributed by atoms with Crippen LogP contribution in [0.3, 0.4) is 0 Å². The number of rotatable bonds is 5. The van der Waals surface area contributed by atoms with Crippen LogP contribution in [0.1, 0.15) is 12.5 Å². The molecule has 6 heteroatoms. The van der Waals surface area contributed by atoms with Crippen LogP contribution in [-0.4, -0.2) is 25.4 Å². The average molecular weight is 276 g/mol. The van der Waals surface area contributed by atoms with Gasteiger partial charge in [0.05, 0.1) is 17.8 Å². The van der Waals surface area contributed by atoms with Gasteiger partial charge in [0.15, 0.2) is 0 Å². The van der Waals surface area contributed by atoms with E-state index in [-0.39, 0.29) is 6.61 Å². The summed E-state index contributed by atoms with van der Waals surface area (Å²) < 4.78 is 4.65. The second-order valence-corrected chi connectivity index (χ2v) is 3.82. The molecular formula is C11H11Cl2NO3. The maximum Gasteiger partial charge on any atom is 0.347 e. The van der Waals surface area contributed by atoms with Gasteiger partial charge in [-0.3, -0.25) is 0 Å². The predicted molar refractivity (Wildman–Crippen MR) is 66.6 cm³/mol. The molecule has 0 bridgehead atoms. The molecule has 0 aromatic heterocycles. The molecule has 0 aliphatic heterocycles. The fourth-order valence-corrected chi connectivity index (χ4v) is 1.45. The van der Waals surface area contributed by atoms with E-state index in [1.54, 1.807) is 25.1 Å². The number of halogens is 2. The minimum absolute atomic E-state index is 0.227. The first-order valence-electron chi connectivity index (χ1n) is 4.89. The van der Waals surface area contributed by atoms with Crippen LogP contribution in [0.5, 0.6) is 0 Å². The number of hydrogen-bond donors (Lipinski definition) is 0. The van der Waals surface area contributed by atoms with Crippen LogP contribution < -0.4 is 0 Å². The zero-order chi connectivity index (χ0) is 12.7. The largest absolute Gasteiger partial charge is 0.463 e. The zero-order valence-corrected chi connectivity index (χ0v) is 10.7. The lowest BCUT2D eigenvalue weighted by atomic mass is 10.2. The summed E-state index contributed by atoms with van der Waals surface area (Å²) in [4.78, 5) is 15.6. The van der Waals surface area contributed by atoms with Gasteiger partial charge in [0.25, 0.3) is 0 Å². The highest BCUT2D eigenvalue weighted by Crippen LogP contribution is 2.19. The molecule has 0 aliphatic rings. The molecule has 17 heavy (non-hydrogen) atoms. The van der Waals surface area contributed by atoms with Gasteiger partial charge < -0.3 is 9.57 Å². The molecule has 0 aliphatic carbocycles. The summed E-state index contributed by atoms with van der Waals surface area (Å²) in [7, 11) is 0. The fourth-order valence-electron chi connectivity index (χ4n) is 0.993. The lowest BCUT2D eigenvalue weighted by Gasteiger charge is -2.00. The van der Waals surface area contributed by atoms with E-state index in [0.717, 1.165) is 0 Å². The van der Waals surface area contributed by atoms with Crippen molar-refractivity contribution in [3.63, 3.8) is 0 Å². The third-order valence-electron chi connectivity index (χ3n) is 1.72. The van der Waals surface area contributed by atoms with Gasteiger partial charge in [-0.25, -0.2) is 4.79 Å². The van der Waals surface area contributed by atoms with Crippen molar-refractivity contribution in [1.82, 2.24) is 0 Å². The summed E-state index contributed by atoms with van der Waals surface area (Å²) in [5.74, 6) is -0.466. The SMILES string of the molecule is CCOC(=O)CON=Cc1ccc(Cl)cc1Cl. The molecule has 0 spiro atoms. The molecule has 0 heterocycles. The molecule has 0 saturated carbocycles. The Morgan fingerprint density at radius 3 is 2.88 bits per heavy atom. The predicted octanol–water partition coefficient (Wildman–Crippen LogP) is 2.91. The van der Waals surface area contributed by atoms with Crippen LogP contribution in [0.25, 0.3) is 0 Å². The van der Waals surface area contributed by atoms with E-state index in [1.807, 2.05) is 0 Å². The summed E-state index contributed by atoms with van der Waals surface area (Å²) in [6, 6.07) is 4.97. The molecule has 4 nitrogen and oxygen atoms in total. The lowest BCUT2D eigenvalue weighted by molar-refractivity contribution is -0.148. The number of carbonyl (C=O) groups excluding carboxylic acids is 1. The van der Waals surface area contributed by atoms with Crippen LogP contribution in [0.15, 0.2) is 23.4 Å². The van der Waals surface area contributed by atoms with Crippen LogP contribution in [0.4, 0.5) is 0 Å². The highest BCUT2D eigenvalue weighted by Gasteiger charge is 2.01. The third kappa shape index (κ3) is 5.06. The Bertz CT molecular complexity index is 421. The van der Waals surface area contributed by atoms with Crippen molar-refractivity contribution in [2.45, 2.75) is 6.92 Å². The van der Waals surface area contributed by atoms with Crippen molar-refractivity contribution in [3.05, 3.63) is 33.8 Å². The first-order chi connectivity index (χ1) is 8.13.